The molecule has 15 heteroatoms. The van der Waals surface area contributed by atoms with Crippen molar-refractivity contribution in [3.8, 4) is 0 Å². The molecule has 0 bridgehead atoms. The van der Waals surface area contributed by atoms with Gasteiger partial charge >= 0.3 is 19.6 Å². The lowest BCUT2D eigenvalue weighted by atomic mass is 10.2. The zero-order chi connectivity index (χ0) is 23.3. The summed E-state index contributed by atoms with van der Waals surface area (Å²) in [5, 5.41) is 24.7. The van der Waals surface area contributed by atoms with E-state index in [1.54, 1.807) is 0 Å². The van der Waals surface area contributed by atoms with E-state index in [0.29, 0.717) is 11.4 Å². The molecule has 2 heterocycles. The van der Waals surface area contributed by atoms with Gasteiger partial charge in [-0.05, 0) is 15.4 Å². The second-order valence-corrected chi connectivity index (χ2v) is 8.42. The van der Waals surface area contributed by atoms with Gasteiger partial charge in [-0.15, -0.1) is 0 Å². The topological polar surface area (TPSA) is 169 Å². The number of nitrogens with zero attached hydrogens (tertiary/aromatic N) is 6. The molecule has 0 aliphatic rings. The van der Waals surface area contributed by atoms with Gasteiger partial charge in [0.1, 0.15) is 37.0 Å². The molecule has 0 aliphatic heterocycles. The van der Waals surface area contributed by atoms with Crippen LogP contribution >= 0.6 is 7.75 Å². The second kappa shape index (κ2) is 9.78. The van der Waals surface area contributed by atoms with E-state index in [1.165, 1.54) is 35.6 Å². The largest absolute Gasteiger partial charge is 0.434 e. The second-order valence-electron chi connectivity index (χ2n) is 6.60. The third-order valence-electron chi connectivity index (χ3n) is 4.53. The molecule has 0 unspecified atom stereocenters. The van der Waals surface area contributed by atoms with Gasteiger partial charge in [-0.25, -0.2) is 18.8 Å². The van der Waals surface area contributed by atoms with E-state index in [0.717, 1.165) is 5.56 Å². The molecule has 3 aromatic rings. The van der Waals surface area contributed by atoms with Crippen molar-refractivity contribution >= 4 is 19.6 Å². The van der Waals surface area contributed by atoms with Crippen LogP contribution in [0.3, 0.4) is 0 Å². The Bertz CT molecular complexity index is 1100. The van der Waals surface area contributed by atoms with Gasteiger partial charge in [0.15, 0.2) is 0 Å². The highest BCUT2D eigenvalue weighted by atomic mass is 31.2. The molecule has 1 N–H and O–H groups in total. The van der Waals surface area contributed by atoms with Crippen LogP contribution in [0.5, 0.6) is 0 Å². The number of aromatic nitrogens is 4. The maximum Gasteiger partial charge on any atom is 0.434 e. The molecule has 3 rings (SSSR count). The number of hydrogen-bond donors (Lipinski definition) is 1. The molecule has 0 aliphatic carbocycles. The van der Waals surface area contributed by atoms with E-state index in [4.69, 9.17) is 9.05 Å². The van der Waals surface area contributed by atoms with Crippen molar-refractivity contribution in [1.29, 1.82) is 0 Å². The van der Waals surface area contributed by atoms with Crippen LogP contribution in [0.4, 0.5) is 11.9 Å². The maximum absolute atomic E-state index is 13.4. The Balaban J connectivity index is 1.75. The van der Waals surface area contributed by atoms with Crippen LogP contribution in [0.15, 0.2) is 42.7 Å². The zero-order valence-corrected chi connectivity index (χ0v) is 18.0. The summed E-state index contributed by atoms with van der Waals surface area (Å²) in [4.78, 5) is 28.0. The van der Waals surface area contributed by atoms with Crippen LogP contribution in [-0.4, -0.2) is 28.9 Å². The Morgan fingerprint density at radius 2 is 1.41 bits per heavy atom. The number of benzene rings is 1. The van der Waals surface area contributed by atoms with Gasteiger partial charge in [-0.2, -0.15) is 0 Å². The molecule has 1 aromatic carbocycles. The fourth-order valence-corrected chi connectivity index (χ4v) is 3.93. The number of rotatable bonds is 11. The lowest BCUT2D eigenvalue weighted by Crippen LogP contribution is -2.16. The van der Waals surface area contributed by atoms with Gasteiger partial charge in [-0.3, -0.25) is 9.05 Å². The van der Waals surface area contributed by atoms with E-state index >= 15 is 0 Å². The quantitative estimate of drug-likeness (QED) is 0.252. The molecule has 0 amide bonds. The highest BCUT2D eigenvalue weighted by Crippen LogP contribution is 2.46. The van der Waals surface area contributed by atoms with Crippen molar-refractivity contribution in [2.75, 3.05) is 0 Å². The maximum atomic E-state index is 13.4. The van der Waals surface area contributed by atoms with Crippen LogP contribution in [-0.2, 0) is 47.5 Å². The number of nitro groups is 2. The molecule has 0 radical (unpaired) electrons. The Labute approximate surface area is 181 Å². The SMILES string of the molecule is Cn1c(COP(=O)(NCc2ccccc2)OCc2cnc([N+](=O)[O-])n2C)cnc1[N+](=O)[O-]. The van der Waals surface area contributed by atoms with Gasteiger partial charge in [0.05, 0.1) is 14.1 Å². The average Bonchev–Trinajstić information content (AvgIpc) is 3.32. The molecule has 0 atom stereocenters. The van der Waals surface area contributed by atoms with E-state index in [2.05, 4.69) is 15.1 Å². The molecule has 0 saturated carbocycles. The van der Waals surface area contributed by atoms with Crippen molar-refractivity contribution < 1.29 is 23.5 Å². The number of imidazole rings is 2. The smallest absolute Gasteiger partial charge is 0.390 e. The molecule has 14 nitrogen and oxygen atoms in total. The average molecular weight is 465 g/mol. The lowest BCUT2D eigenvalue weighted by Gasteiger charge is -2.19. The Morgan fingerprint density at radius 1 is 0.938 bits per heavy atom. The van der Waals surface area contributed by atoms with Gasteiger partial charge in [-0.1, -0.05) is 40.3 Å². The molecule has 2 aromatic heterocycles. The normalized spacial score (nSPS) is 11.6. The Hall–Kier alpha value is -3.45. The summed E-state index contributed by atoms with van der Waals surface area (Å²) in [6, 6.07) is 9.08. The third-order valence-corrected chi connectivity index (χ3v) is 6.01. The van der Waals surface area contributed by atoms with E-state index < -0.39 is 29.5 Å². The summed E-state index contributed by atoms with van der Waals surface area (Å²) >= 11 is 0. The molecule has 170 valence electrons. The van der Waals surface area contributed by atoms with E-state index in [-0.39, 0.29) is 19.8 Å². The third kappa shape index (κ3) is 5.42. The highest BCUT2D eigenvalue weighted by Gasteiger charge is 2.29. The summed E-state index contributed by atoms with van der Waals surface area (Å²) in [5.74, 6) is -0.780. The van der Waals surface area contributed by atoms with Gasteiger partial charge in [0.25, 0.3) is 0 Å². The van der Waals surface area contributed by atoms with Crippen LogP contribution in [0.1, 0.15) is 17.0 Å². The van der Waals surface area contributed by atoms with Crippen molar-refractivity contribution in [3.05, 3.63) is 79.9 Å². The minimum atomic E-state index is -3.96. The summed E-state index contributed by atoms with van der Waals surface area (Å²) in [5.41, 5.74) is 1.42. The zero-order valence-electron chi connectivity index (χ0n) is 17.2. The molecule has 0 spiro atoms. The van der Waals surface area contributed by atoms with Crippen LogP contribution in [0.25, 0.3) is 0 Å². The minimum absolute atomic E-state index is 0.148. The summed E-state index contributed by atoms with van der Waals surface area (Å²) < 4.78 is 26.8. The minimum Gasteiger partial charge on any atom is -0.390 e. The van der Waals surface area contributed by atoms with Gasteiger partial charge < -0.3 is 20.2 Å². The van der Waals surface area contributed by atoms with Gasteiger partial charge in [0, 0.05) is 6.54 Å². The van der Waals surface area contributed by atoms with E-state index in [9.17, 15) is 24.8 Å². The molecule has 0 fully saturated rings. The lowest BCUT2D eigenvalue weighted by molar-refractivity contribution is -0.396. The van der Waals surface area contributed by atoms with Crippen molar-refractivity contribution in [3.63, 3.8) is 0 Å². The molecule has 32 heavy (non-hydrogen) atoms. The van der Waals surface area contributed by atoms with Gasteiger partial charge in [0.2, 0.25) is 0 Å². The first-order valence-electron chi connectivity index (χ1n) is 9.18. The monoisotopic (exact) mass is 465 g/mol. The fraction of sp³-hybridized carbons (Fsp3) is 0.294. The Kier molecular flexibility index (Phi) is 7.10. The predicted molar refractivity (Wildman–Crippen MR) is 110 cm³/mol. The summed E-state index contributed by atoms with van der Waals surface area (Å²) in [7, 11) is -1.09. The number of hydrogen-bond acceptors (Lipinski definition) is 9. The van der Waals surface area contributed by atoms with Crippen molar-refractivity contribution in [2.45, 2.75) is 19.8 Å². The van der Waals surface area contributed by atoms with Crippen LogP contribution in [0.2, 0.25) is 0 Å². The van der Waals surface area contributed by atoms with Crippen molar-refractivity contribution in [1.82, 2.24) is 24.2 Å². The first-order valence-corrected chi connectivity index (χ1v) is 10.7. The predicted octanol–water partition coefficient (Wildman–Crippen LogP) is 2.60. The molecule has 0 saturated heterocycles. The Morgan fingerprint density at radius 3 is 1.81 bits per heavy atom. The first-order chi connectivity index (χ1) is 15.2. The van der Waals surface area contributed by atoms with Crippen molar-refractivity contribution in [2.24, 2.45) is 14.1 Å². The molecular weight excluding hydrogens is 445 g/mol. The van der Waals surface area contributed by atoms with E-state index in [1.807, 2.05) is 30.3 Å². The number of nitrogens with one attached hydrogen (secondary N) is 1. The highest BCUT2D eigenvalue weighted by molar-refractivity contribution is 7.51. The first kappa shape index (κ1) is 23.2. The standard InChI is InChI=1S/C17H20N7O7P/c1-21-14(9-18-16(21)23(25)26)11-30-32(29,20-8-13-6-4-3-5-7-13)31-12-15-10-19-17(22(15)2)24(27)28/h3-7,9-10H,8,11-12H2,1-2H3,(H,20,29). The summed E-state index contributed by atoms with van der Waals surface area (Å²) in [6.45, 7) is -0.431. The summed E-state index contributed by atoms with van der Waals surface area (Å²) in [6.07, 6.45) is 2.48. The fourth-order valence-electron chi connectivity index (χ4n) is 2.69. The van der Waals surface area contributed by atoms with Crippen LogP contribution in [0, 0.1) is 20.2 Å². The molecular formula is C17H20N7O7P. The van der Waals surface area contributed by atoms with Crippen LogP contribution < -0.4 is 5.09 Å².